The number of benzene rings is 1. The molecule has 1 N–H and O–H groups in total. The molecule has 0 saturated carbocycles. The van der Waals surface area contributed by atoms with Gasteiger partial charge >= 0.3 is 6.03 Å². The molecule has 1 heterocycles. The predicted molar refractivity (Wildman–Crippen MR) is 96.4 cm³/mol. The normalized spacial score (nSPS) is 16.0. The van der Waals surface area contributed by atoms with E-state index >= 15 is 0 Å². The average Bonchev–Trinajstić information content (AvgIpc) is 2.60. The van der Waals surface area contributed by atoms with Crippen LogP contribution in [0.15, 0.2) is 36.4 Å². The molecule has 1 saturated heterocycles. The summed E-state index contributed by atoms with van der Waals surface area (Å²) in [5.74, 6) is 0. The van der Waals surface area contributed by atoms with Crippen LogP contribution in [0.25, 0.3) is 6.08 Å². The van der Waals surface area contributed by atoms with Crippen molar-refractivity contribution in [2.75, 3.05) is 39.3 Å². The van der Waals surface area contributed by atoms with E-state index in [0.717, 1.165) is 45.7 Å². The molecule has 2 amide bonds. The Morgan fingerprint density at radius 3 is 2.57 bits per heavy atom. The van der Waals surface area contributed by atoms with Crippen LogP contribution in [0.3, 0.4) is 0 Å². The van der Waals surface area contributed by atoms with Gasteiger partial charge in [0.25, 0.3) is 0 Å². The molecule has 0 atom stereocenters. The van der Waals surface area contributed by atoms with Gasteiger partial charge < -0.3 is 10.2 Å². The number of urea groups is 1. The van der Waals surface area contributed by atoms with Gasteiger partial charge in [-0.05, 0) is 12.0 Å². The molecule has 2 rings (SSSR count). The third-order valence-electron chi connectivity index (χ3n) is 4.19. The van der Waals surface area contributed by atoms with Crippen molar-refractivity contribution in [3.05, 3.63) is 42.0 Å². The third-order valence-corrected chi connectivity index (χ3v) is 4.19. The summed E-state index contributed by atoms with van der Waals surface area (Å²) in [5, 5.41) is 3.02. The van der Waals surface area contributed by atoms with Crippen LogP contribution < -0.4 is 5.32 Å². The highest BCUT2D eigenvalue weighted by molar-refractivity contribution is 5.74. The second-order valence-corrected chi connectivity index (χ2v) is 6.04. The summed E-state index contributed by atoms with van der Waals surface area (Å²) in [4.78, 5) is 16.4. The molecule has 0 radical (unpaired) electrons. The molecule has 0 unspecified atom stereocenters. The highest BCUT2D eigenvalue weighted by Gasteiger charge is 2.19. The van der Waals surface area contributed by atoms with E-state index in [2.05, 4.69) is 53.6 Å². The third kappa shape index (κ3) is 6.45. The number of unbranched alkanes of at least 4 members (excludes halogenated alkanes) is 2. The summed E-state index contributed by atoms with van der Waals surface area (Å²) in [6, 6.07) is 10.5. The van der Waals surface area contributed by atoms with Gasteiger partial charge in [-0.3, -0.25) is 4.90 Å². The standard InChI is InChI=1S/C19H29N3O/c1-2-3-7-12-20-19(23)22-16-14-21(15-17-22)13-8-11-18-9-5-4-6-10-18/h4-6,8-11H,2-3,7,12-17H2,1H3,(H,20,23)/b11-8+. The molecule has 1 aliphatic heterocycles. The van der Waals surface area contributed by atoms with Crippen LogP contribution in [0.1, 0.15) is 31.7 Å². The molecule has 4 nitrogen and oxygen atoms in total. The molecule has 0 aliphatic carbocycles. The monoisotopic (exact) mass is 315 g/mol. The molecule has 0 aromatic heterocycles. The number of rotatable bonds is 7. The molecule has 1 aromatic rings. The van der Waals surface area contributed by atoms with Crippen LogP contribution in [0, 0.1) is 0 Å². The predicted octanol–water partition coefficient (Wildman–Crippen LogP) is 3.22. The van der Waals surface area contributed by atoms with Gasteiger partial charge in [0.1, 0.15) is 0 Å². The van der Waals surface area contributed by atoms with Gasteiger partial charge in [0.2, 0.25) is 0 Å². The van der Waals surface area contributed by atoms with E-state index in [-0.39, 0.29) is 6.03 Å². The number of hydrogen-bond acceptors (Lipinski definition) is 2. The first-order chi connectivity index (χ1) is 11.3. The van der Waals surface area contributed by atoms with Gasteiger partial charge in [-0.25, -0.2) is 4.79 Å². The molecule has 1 aromatic carbocycles. The quantitative estimate of drug-likeness (QED) is 0.784. The maximum absolute atomic E-state index is 12.0. The highest BCUT2D eigenvalue weighted by Crippen LogP contribution is 2.05. The Labute approximate surface area is 140 Å². The summed E-state index contributed by atoms with van der Waals surface area (Å²) in [5.41, 5.74) is 1.23. The molecule has 23 heavy (non-hydrogen) atoms. The molecule has 4 heteroatoms. The Morgan fingerprint density at radius 1 is 1.13 bits per heavy atom. The summed E-state index contributed by atoms with van der Waals surface area (Å²) in [6.45, 7) is 7.45. The fraction of sp³-hybridized carbons (Fsp3) is 0.526. The number of carbonyl (C=O) groups excluding carboxylic acids is 1. The van der Waals surface area contributed by atoms with Gasteiger partial charge in [0, 0.05) is 39.3 Å². The Hall–Kier alpha value is -1.81. The highest BCUT2D eigenvalue weighted by atomic mass is 16.2. The minimum atomic E-state index is 0.0978. The molecule has 0 bridgehead atoms. The van der Waals surface area contributed by atoms with Crippen molar-refractivity contribution in [2.24, 2.45) is 0 Å². The number of nitrogens with zero attached hydrogens (tertiary/aromatic N) is 2. The van der Waals surface area contributed by atoms with E-state index < -0.39 is 0 Å². The maximum atomic E-state index is 12.0. The van der Waals surface area contributed by atoms with E-state index in [1.54, 1.807) is 0 Å². The minimum absolute atomic E-state index is 0.0978. The minimum Gasteiger partial charge on any atom is -0.338 e. The van der Waals surface area contributed by atoms with Gasteiger partial charge in [0.05, 0.1) is 0 Å². The zero-order valence-electron chi connectivity index (χ0n) is 14.2. The molecular weight excluding hydrogens is 286 g/mol. The molecular formula is C19H29N3O. The van der Waals surface area contributed by atoms with Crippen molar-refractivity contribution >= 4 is 12.1 Å². The SMILES string of the molecule is CCCCCNC(=O)N1CCN(C/C=C/c2ccccc2)CC1. The first kappa shape index (κ1) is 17.5. The zero-order chi connectivity index (χ0) is 16.3. The number of nitrogens with one attached hydrogen (secondary N) is 1. The lowest BCUT2D eigenvalue weighted by atomic mass is 10.2. The fourth-order valence-electron chi connectivity index (χ4n) is 2.72. The molecule has 126 valence electrons. The summed E-state index contributed by atoms with van der Waals surface area (Å²) >= 11 is 0. The van der Waals surface area contributed by atoms with E-state index in [1.165, 1.54) is 18.4 Å². The van der Waals surface area contributed by atoms with Crippen molar-refractivity contribution in [3.8, 4) is 0 Å². The largest absolute Gasteiger partial charge is 0.338 e. The second-order valence-electron chi connectivity index (χ2n) is 6.04. The number of carbonyl (C=O) groups is 1. The van der Waals surface area contributed by atoms with Crippen LogP contribution in [-0.4, -0.2) is 55.1 Å². The number of hydrogen-bond donors (Lipinski definition) is 1. The van der Waals surface area contributed by atoms with E-state index in [4.69, 9.17) is 0 Å². The Morgan fingerprint density at radius 2 is 1.87 bits per heavy atom. The smallest absolute Gasteiger partial charge is 0.317 e. The Bertz CT molecular complexity index is 479. The van der Waals surface area contributed by atoms with Crippen molar-refractivity contribution in [3.63, 3.8) is 0 Å². The van der Waals surface area contributed by atoms with Gasteiger partial charge in [-0.2, -0.15) is 0 Å². The van der Waals surface area contributed by atoms with Crippen molar-refractivity contribution in [1.29, 1.82) is 0 Å². The first-order valence-corrected chi connectivity index (χ1v) is 8.76. The lowest BCUT2D eigenvalue weighted by Gasteiger charge is -2.34. The van der Waals surface area contributed by atoms with Gasteiger partial charge in [-0.15, -0.1) is 0 Å². The van der Waals surface area contributed by atoms with Crippen molar-refractivity contribution in [2.45, 2.75) is 26.2 Å². The number of piperazine rings is 1. The van der Waals surface area contributed by atoms with E-state index in [1.807, 2.05) is 11.0 Å². The lowest BCUT2D eigenvalue weighted by molar-refractivity contribution is 0.147. The van der Waals surface area contributed by atoms with E-state index in [9.17, 15) is 4.79 Å². The first-order valence-electron chi connectivity index (χ1n) is 8.76. The van der Waals surface area contributed by atoms with Crippen LogP contribution in [0.4, 0.5) is 4.79 Å². The van der Waals surface area contributed by atoms with Gasteiger partial charge in [-0.1, -0.05) is 62.2 Å². The lowest BCUT2D eigenvalue weighted by Crippen LogP contribution is -2.51. The second kappa shape index (κ2) is 10.1. The Balaban J connectivity index is 1.63. The zero-order valence-corrected chi connectivity index (χ0v) is 14.2. The topological polar surface area (TPSA) is 35.6 Å². The molecule has 0 spiro atoms. The Kier molecular flexibility index (Phi) is 7.67. The summed E-state index contributed by atoms with van der Waals surface area (Å²) in [6.07, 6.45) is 7.81. The van der Waals surface area contributed by atoms with Crippen molar-refractivity contribution in [1.82, 2.24) is 15.1 Å². The van der Waals surface area contributed by atoms with Crippen LogP contribution in [0.5, 0.6) is 0 Å². The summed E-state index contributed by atoms with van der Waals surface area (Å²) in [7, 11) is 0. The molecule has 1 aliphatic rings. The van der Waals surface area contributed by atoms with Crippen LogP contribution >= 0.6 is 0 Å². The van der Waals surface area contributed by atoms with Gasteiger partial charge in [0.15, 0.2) is 0 Å². The molecule has 1 fully saturated rings. The van der Waals surface area contributed by atoms with E-state index in [0.29, 0.717) is 0 Å². The summed E-state index contributed by atoms with van der Waals surface area (Å²) < 4.78 is 0. The fourth-order valence-corrected chi connectivity index (χ4v) is 2.72. The average molecular weight is 315 g/mol. The van der Waals surface area contributed by atoms with Crippen LogP contribution in [0.2, 0.25) is 0 Å². The van der Waals surface area contributed by atoms with Crippen LogP contribution in [-0.2, 0) is 0 Å². The number of amides is 2. The van der Waals surface area contributed by atoms with Crippen molar-refractivity contribution < 1.29 is 4.79 Å². The maximum Gasteiger partial charge on any atom is 0.317 e.